The standard InChI is InChI=1S/C19H15ClF2N4O4S2/c1-8-4-5-32(30)26(8)19(29)15-17(28)16(27)10(7-23-15)18-25-24-12(31-18)6-9-2-3-11(21)13(20)14(9)22/h2-3,7-8,28H,4-6H2,1H3,(H,23,27)/t8-,32?/m0/s1. The van der Waals surface area contributed by atoms with Gasteiger partial charge in [-0.2, -0.15) is 0 Å². The average Bonchev–Trinajstić information content (AvgIpc) is 3.36. The van der Waals surface area contributed by atoms with Gasteiger partial charge in [-0.15, -0.1) is 10.2 Å². The molecule has 1 saturated heterocycles. The van der Waals surface area contributed by atoms with Gasteiger partial charge in [0.2, 0.25) is 5.43 Å². The van der Waals surface area contributed by atoms with Gasteiger partial charge in [0.05, 0.1) is 5.56 Å². The topological polar surface area (TPSA) is 116 Å². The molecule has 32 heavy (non-hydrogen) atoms. The molecule has 13 heteroatoms. The quantitative estimate of drug-likeness (QED) is 0.532. The van der Waals surface area contributed by atoms with Gasteiger partial charge < -0.3 is 10.1 Å². The number of nitrogens with one attached hydrogen (secondary N) is 1. The highest BCUT2D eigenvalue weighted by molar-refractivity contribution is 7.83. The van der Waals surface area contributed by atoms with Crippen LogP contribution in [0.4, 0.5) is 8.78 Å². The van der Waals surface area contributed by atoms with E-state index in [9.17, 15) is 27.7 Å². The Balaban J connectivity index is 1.62. The highest BCUT2D eigenvalue weighted by Gasteiger charge is 2.35. The number of halogens is 3. The summed E-state index contributed by atoms with van der Waals surface area (Å²) in [7, 11) is -1.53. The Bertz CT molecular complexity index is 1310. The van der Waals surface area contributed by atoms with Gasteiger partial charge >= 0.3 is 0 Å². The SMILES string of the molecule is C[C@H]1CCS(=O)N1C(=O)c1[nH]cc(-c2nnc(Cc3ccc(F)c(Cl)c3F)s2)c(=O)c1O. The molecule has 4 rings (SSSR count). The minimum absolute atomic E-state index is 0.0391. The lowest BCUT2D eigenvalue weighted by Gasteiger charge is -2.19. The number of benzene rings is 1. The number of hydrogen-bond acceptors (Lipinski definition) is 7. The molecule has 0 bridgehead atoms. The summed E-state index contributed by atoms with van der Waals surface area (Å²) in [5.41, 5.74) is -1.17. The van der Waals surface area contributed by atoms with Gasteiger partial charge in [0.1, 0.15) is 32.7 Å². The predicted octanol–water partition coefficient (Wildman–Crippen LogP) is 3.02. The number of pyridine rings is 1. The van der Waals surface area contributed by atoms with Crippen LogP contribution in [0.15, 0.2) is 23.1 Å². The van der Waals surface area contributed by atoms with E-state index in [1.807, 2.05) is 0 Å². The summed E-state index contributed by atoms with van der Waals surface area (Å²) >= 11 is 6.55. The van der Waals surface area contributed by atoms with Crippen molar-refractivity contribution in [1.29, 1.82) is 0 Å². The summed E-state index contributed by atoms with van der Waals surface area (Å²) in [6.07, 6.45) is 1.72. The monoisotopic (exact) mass is 500 g/mol. The van der Waals surface area contributed by atoms with Crippen LogP contribution < -0.4 is 5.43 Å². The van der Waals surface area contributed by atoms with E-state index in [0.717, 1.165) is 21.7 Å². The van der Waals surface area contributed by atoms with Crippen LogP contribution in [-0.2, 0) is 17.4 Å². The van der Waals surface area contributed by atoms with Crippen LogP contribution in [0, 0.1) is 11.6 Å². The Labute approximate surface area is 191 Å². The van der Waals surface area contributed by atoms with Crippen molar-refractivity contribution in [1.82, 2.24) is 19.5 Å². The van der Waals surface area contributed by atoms with Crippen molar-refractivity contribution in [3.05, 3.63) is 61.5 Å². The number of carbonyl (C=O) groups is 1. The highest BCUT2D eigenvalue weighted by Crippen LogP contribution is 2.28. The van der Waals surface area contributed by atoms with Crippen molar-refractivity contribution in [2.24, 2.45) is 0 Å². The van der Waals surface area contributed by atoms with Crippen molar-refractivity contribution in [2.75, 3.05) is 5.75 Å². The summed E-state index contributed by atoms with van der Waals surface area (Å²) in [5, 5.41) is 18.0. The second-order valence-corrected chi connectivity index (χ2v) is 9.95. The second kappa shape index (κ2) is 8.68. The molecule has 1 unspecified atom stereocenters. The number of aromatic nitrogens is 3. The molecule has 0 saturated carbocycles. The van der Waals surface area contributed by atoms with E-state index in [1.165, 1.54) is 12.3 Å². The fraction of sp³-hybridized carbons (Fsp3) is 0.263. The van der Waals surface area contributed by atoms with E-state index in [2.05, 4.69) is 15.2 Å². The fourth-order valence-electron chi connectivity index (χ4n) is 3.23. The van der Waals surface area contributed by atoms with Crippen LogP contribution in [0.5, 0.6) is 5.75 Å². The van der Waals surface area contributed by atoms with Crippen LogP contribution in [-0.4, -0.2) is 46.5 Å². The van der Waals surface area contributed by atoms with Gasteiger partial charge in [0.15, 0.2) is 16.5 Å². The smallest absolute Gasteiger partial charge is 0.286 e. The molecule has 8 nitrogen and oxygen atoms in total. The molecule has 3 aromatic rings. The van der Waals surface area contributed by atoms with E-state index >= 15 is 0 Å². The first-order chi connectivity index (χ1) is 15.2. The van der Waals surface area contributed by atoms with Crippen molar-refractivity contribution in [3.8, 4) is 16.3 Å². The lowest BCUT2D eigenvalue weighted by Crippen LogP contribution is -2.35. The third-order valence-corrected chi connectivity index (χ3v) is 7.81. The number of rotatable bonds is 4. The van der Waals surface area contributed by atoms with E-state index in [1.54, 1.807) is 6.92 Å². The van der Waals surface area contributed by atoms with Gasteiger partial charge in [0.25, 0.3) is 5.91 Å². The Morgan fingerprint density at radius 2 is 2.16 bits per heavy atom. The van der Waals surface area contributed by atoms with Crippen molar-refractivity contribution >= 4 is 39.8 Å². The lowest BCUT2D eigenvalue weighted by molar-refractivity contribution is 0.0835. The zero-order valence-electron chi connectivity index (χ0n) is 16.4. The molecule has 0 spiro atoms. The molecular formula is C19H15ClF2N4O4S2. The molecule has 2 N–H and O–H groups in total. The number of carbonyl (C=O) groups excluding carboxylic acids is 1. The Hall–Kier alpha value is -2.70. The fourth-order valence-corrected chi connectivity index (χ4v) is 5.81. The molecule has 1 aliphatic heterocycles. The number of H-pyrrole nitrogens is 1. The van der Waals surface area contributed by atoms with Crippen molar-refractivity contribution in [2.45, 2.75) is 25.8 Å². The number of aromatic hydroxyl groups is 1. The van der Waals surface area contributed by atoms with Gasteiger partial charge in [-0.1, -0.05) is 29.0 Å². The normalized spacial score (nSPS) is 18.3. The molecule has 168 valence electrons. The zero-order valence-corrected chi connectivity index (χ0v) is 18.8. The molecule has 0 radical (unpaired) electrons. The lowest BCUT2D eigenvalue weighted by atomic mass is 10.1. The Morgan fingerprint density at radius 3 is 2.84 bits per heavy atom. The molecule has 3 heterocycles. The molecule has 2 aromatic heterocycles. The first-order valence-electron chi connectivity index (χ1n) is 9.30. The third-order valence-electron chi connectivity index (χ3n) is 4.96. The number of aromatic amines is 1. The number of hydrogen-bond donors (Lipinski definition) is 2. The van der Waals surface area contributed by atoms with Crippen molar-refractivity contribution in [3.63, 3.8) is 0 Å². The van der Waals surface area contributed by atoms with Crippen LogP contribution in [0.3, 0.4) is 0 Å². The molecule has 1 amide bonds. The zero-order chi connectivity index (χ0) is 23.2. The van der Waals surface area contributed by atoms with Gasteiger partial charge in [-0.25, -0.2) is 13.0 Å². The maximum Gasteiger partial charge on any atom is 0.286 e. The Kier molecular flexibility index (Phi) is 6.10. The third kappa shape index (κ3) is 3.93. The minimum Gasteiger partial charge on any atom is -0.503 e. The first kappa shape index (κ1) is 22.5. The van der Waals surface area contributed by atoms with E-state index < -0.39 is 44.7 Å². The number of amides is 1. The van der Waals surface area contributed by atoms with E-state index in [0.29, 0.717) is 17.2 Å². The van der Waals surface area contributed by atoms with Crippen LogP contribution >= 0.6 is 22.9 Å². The summed E-state index contributed by atoms with van der Waals surface area (Å²) in [6.45, 7) is 1.73. The van der Waals surface area contributed by atoms with E-state index in [4.69, 9.17) is 11.6 Å². The van der Waals surface area contributed by atoms with E-state index in [-0.39, 0.29) is 34.3 Å². The summed E-state index contributed by atoms with van der Waals surface area (Å²) in [5.74, 6) is -3.03. The number of nitrogens with zero attached hydrogens (tertiary/aromatic N) is 3. The van der Waals surface area contributed by atoms with Gasteiger partial charge in [0, 0.05) is 24.4 Å². The molecule has 1 fully saturated rings. The highest BCUT2D eigenvalue weighted by atomic mass is 35.5. The van der Waals surface area contributed by atoms with Gasteiger partial charge in [-0.3, -0.25) is 13.9 Å². The molecular weight excluding hydrogens is 486 g/mol. The largest absolute Gasteiger partial charge is 0.503 e. The molecule has 0 aliphatic carbocycles. The van der Waals surface area contributed by atoms with Crippen LogP contribution in [0.25, 0.3) is 10.6 Å². The molecule has 1 aromatic carbocycles. The van der Waals surface area contributed by atoms with Crippen molar-refractivity contribution < 1.29 is 22.9 Å². The van der Waals surface area contributed by atoms with Crippen LogP contribution in [0.1, 0.15) is 34.4 Å². The second-order valence-electron chi connectivity index (χ2n) is 7.06. The molecule has 2 atom stereocenters. The molecule has 1 aliphatic rings. The Morgan fingerprint density at radius 1 is 1.41 bits per heavy atom. The summed E-state index contributed by atoms with van der Waals surface area (Å²) in [6, 6.07) is 1.98. The maximum atomic E-state index is 14.1. The summed E-state index contributed by atoms with van der Waals surface area (Å²) < 4.78 is 40.7. The van der Waals surface area contributed by atoms with Gasteiger partial charge in [-0.05, 0) is 25.0 Å². The average molecular weight is 501 g/mol. The summed E-state index contributed by atoms with van der Waals surface area (Å²) in [4.78, 5) is 28.0. The van der Waals surface area contributed by atoms with Crippen LogP contribution in [0.2, 0.25) is 5.02 Å². The predicted molar refractivity (Wildman–Crippen MR) is 115 cm³/mol. The maximum absolute atomic E-state index is 14.1. The first-order valence-corrected chi connectivity index (χ1v) is 11.8. The minimum atomic E-state index is -1.53.